The minimum atomic E-state index is -0.562. The van der Waals surface area contributed by atoms with Crippen LogP contribution in [0.15, 0.2) is 24.3 Å². The number of carbonyl (C=O) groups is 3. The van der Waals surface area contributed by atoms with Gasteiger partial charge in [-0.2, -0.15) is 0 Å². The molecular weight excluding hydrogens is 270 g/mol. The molecule has 1 heterocycles. The molecule has 2 aliphatic rings. The van der Waals surface area contributed by atoms with E-state index in [4.69, 9.17) is 4.84 Å². The van der Waals surface area contributed by atoms with Crippen LogP contribution < -0.4 is 0 Å². The van der Waals surface area contributed by atoms with Crippen molar-refractivity contribution in [3.05, 3.63) is 35.4 Å². The Balaban J connectivity index is 1.82. The van der Waals surface area contributed by atoms with Crippen molar-refractivity contribution >= 4 is 17.8 Å². The van der Waals surface area contributed by atoms with Crippen LogP contribution in [0, 0.1) is 5.41 Å². The second-order valence-electron chi connectivity index (χ2n) is 5.67. The van der Waals surface area contributed by atoms with Gasteiger partial charge in [-0.25, -0.2) is 4.79 Å². The van der Waals surface area contributed by atoms with Gasteiger partial charge in [0.1, 0.15) is 0 Å². The molecule has 1 aliphatic carbocycles. The van der Waals surface area contributed by atoms with Gasteiger partial charge in [-0.05, 0) is 31.4 Å². The second kappa shape index (κ2) is 4.98. The first kappa shape index (κ1) is 13.8. The van der Waals surface area contributed by atoms with Crippen molar-refractivity contribution in [2.45, 2.75) is 39.0 Å². The first-order valence-electron chi connectivity index (χ1n) is 7.29. The van der Waals surface area contributed by atoms with Crippen molar-refractivity contribution in [2.24, 2.45) is 5.41 Å². The van der Waals surface area contributed by atoms with Gasteiger partial charge in [0, 0.05) is 0 Å². The fourth-order valence-electron chi connectivity index (χ4n) is 3.18. The van der Waals surface area contributed by atoms with Gasteiger partial charge in [0.15, 0.2) is 0 Å². The molecule has 0 spiro atoms. The normalized spacial score (nSPS) is 19.8. The number of benzene rings is 1. The zero-order valence-corrected chi connectivity index (χ0v) is 11.9. The molecule has 1 saturated carbocycles. The van der Waals surface area contributed by atoms with Crippen molar-refractivity contribution in [2.75, 3.05) is 0 Å². The van der Waals surface area contributed by atoms with Crippen LogP contribution in [0.1, 0.15) is 59.7 Å². The summed E-state index contributed by atoms with van der Waals surface area (Å²) in [5, 5.41) is 0.614. The van der Waals surface area contributed by atoms with E-state index in [9.17, 15) is 14.4 Å². The molecule has 0 saturated heterocycles. The third-order valence-electron chi connectivity index (χ3n) is 4.60. The van der Waals surface area contributed by atoms with Crippen LogP contribution in [0.2, 0.25) is 0 Å². The lowest BCUT2D eigenvalue weighted by atomic mass is 9.84. The Morgan fingerprint density at radius 1 is 1.14 bits per heavy atom. The Morgan fingerprint density at radius 2 is 1.67 bits per heavy atom. The standard InChI is InChI=1S/C16H17NO4/c1-2-16(9-5-6-10-16)15(20)21-17-13(18)11-7-3-4-8-12(11)14(17)19/h3-4,7-8H,2,5-6,9-10H2,1H3. The molecule has 1 aromatic rings. The lowest BCUT2D eigenvalue weighted by molar-refractivity contribution is -0.181. The Labute approximate surface area is 122 Å². The number of hydroxylamine groups is 2. The van der Waals surface area contributed by atoms with Crippen LogP contribution in [0.25, 0.3) is 0 Å². The molecule has 1 fully saturated rings. The van der Waals surface area contributed by atoms with Crippen molar-refractivity contribution in [3.8, 4) is 0 Å². The highest BCUT2D eigenvalue weighted by Gasteiger charge is 2.45. The average molecular weight is 287 g/mol. The maximum Gasteiger partial charge on any atom is 0.339 e. The van der Waals surface area contributed by atoms with Crippen LogP contribution >= 0.6 is 0 Å². The number of hydrogen-bond acceptors (Lipinski definition) is 4. The summed E-state index contributed by atoms with van der Waals surface area (Å²) in [7, 11) is 0. The Hall–Kier alpha value is -2.17. The zero-order chi connectivity index (χ0) is 15.0. The molecule has 110 valence electrons. The molecule has 0 bridgehead atoms. The molecule has 5 nitrogen and oxygen atoms in total. The highest BCUT2D eigenvalue weighted by atomic mass is 16.7. The fourth-order valence-corrected chi connectivity index (χ4v) is 3.18. The smallest absolute Gasteiger partial charge is 0.329 e. The molecule has 2 amide bonds. The van der Waals surface area contributed by atoms with E-state index < -0.39 is 23.2 Å². The zero-order valence-electron chi connectivity index (χ0n) is 11.9. The summed E-state index contributed by atoms with van der Waals surface area (Å²) in [4.78, 5) is 42.0. The Morgan fingerprint density at radius 3 is 2.14 bits per heavy atom. The molecule has 0 atom stereocenters. The van der Waals surface area contributed by atoms with Crippen LogP contribution in [-0.4, -0.2) is 22.8 Å². The summed E-state index contributed by atoms with van der Waals surface area (Å²) in [5.41, 5.74) is 0.0227. The molecule has 3 rings (SSSR count). The maximum atomic E-state index is 12.4. The number of fused-ring (bicyclic) bond motifs is 1. The minimum absolute atomic E-state index is 0.285. The minimum Gasteiger partial charge on any atom is -0.329 e. The third-order valence-corrected chi connectivity index (χ3v) is 4.60. The van der Waals surface area contributed by atoms with E-state index in [1.807, 2.05) is 6.92 Å². The maximum absolute atomic E-state index is 12.4. The molecule has 5 heteroatoms. The van der Waals surface area contributed by atoms with Crippen LogP contribution in [-0.2, 0) is 9.63 Å². The highest BCUT2D eigenvalue weighted by Crippen LogP contribution is 2.42. The summed E-state index contributed by atoms with van der Waals surface area (Å²) in [6.07, 6.45) is 4.13. The molecular formula is C16H17NO4. The number of amides is 2. The van der Waals surface area contributed by atoms with E-state index in [1.54, 1.807) is 24.3 Å². The summed E-state index contributed by atoms with van der Waals surface area (Å²) in [6.45, 7) is 1.94. The van der Waals surface area contributed by atoms with Crippen molar-refractivity contribution in [1.29, 1.82) is 0 Å². The van der Waals surface area contributed by atoms with Gasteiger partial charge in [-0.3, -0.25) is 9.59 Å². The topological polar surface area (TPSA) is 63.7 Å². The number of nitrogens with zero attached hydrogens (tertiary/aromatic N) is 1. The number of imide groups is 1. The van der Waals surface area contributed by atoms with E-state index in [0.29, 0.717) is 11.5 Å². The predicted octanol–water partition coefficient (Wildman–Crippen LogP) is 2.71. The van der Waals surface area contributed by atoms with Gasteiger partial charge >= 0.3 is 5.97 Å². The lowest BCUT2D eigenvalue weighted by Gasteiger charge is -2.26. The number of carbonyl (C=O) groups excluding carboxylic acids is 3. The van der Waals surface area contributed by atoms with Gasteiger partial charge in [-0.15, -0.1) is 0 Å². The van der Waals surface area contributed by atoms with Gasteiger partial charge in [0.2, 0.25) is 0 Å². The van der Waals surface area contributed by atoms with Crippen molar-refractivity contribution in [1.82, 2.24) is 5.06 Å². The largest absolute Gasteiger partial charge is 0.339 e. The Bertz CT molecular complexity index is 581. The summed E-state index contributed by atoms with van der Waals surface area (Å²) in [6, 6.07) is 6.49. The molecule has 0 N–H and O–H groups in total. The van der Waals surface area contributed by atoms with Crippen LogP contribution in [0.5, 0.6) is 0 Å². The van der Waals surface area contributed by atoms with E-state index in [0.717, 1.165) is 25.7 Å². The fraction of sp³-hybridized carbons (Fsp3) is 0.438. The predicted molar refractivity (Wildman–Crippen MR) is 74.2 cm³/mol. The number of hydrogen-bond donors (Lipinski definition) is 0. The Kier molecular flexibility index (Phi) is 3.27. The number of rotatable bonds is 3. The van der Waals surface area contributed by atoms with Gasteiger partial charge < -0.3 is 4.84 Å². The monoisotopic (exact) mass is 287 g/mol. The molecule has 1 aliphatic heterocycles. The molecule has 21 heavy (non-hydrogen) atoms. The summed E-state index contributed by atoms with van der Waals surface area (Å²) < 4.78 is 0. The quantitative estimate of drug-likeness (QED) is 0.802. The van der Waals surface area contributed by atoms with E-state index >= 15 is 0 Å². The van der Waals surface area contributed by atoms with E-state index in [-0.39, 0.29) is 11.1 Å². The van der Waals surface area contributed by atoms with Gasteiger partial charge in [0.25, 0.3) is 11.8 Å². The molecule has 1 aromatic carbocycles. The molecule has 0 radical (unpaired) electrons. The van der Waals surface area contributed by atoms with E-state index in [1.165, 1.54) is 0 Å². The second-order valence-corrected chi connectivity index (χ2v) is 5.67. The summed E-state index contributed by atoms with van der Waals surface area (Å²) in [5.74, 6) is -1.58. The van der Waals surface area contributed by atoms with Gasteiger partial charge in [0.05, 0.1) is 16.5 Å². The van der Waals surface area contributed by atoms with E-state index in [2.05, 4.69) is 0 Å². The first-order chi connectivity index (χ1) is 10.1. The molecule has 0 unspecified atom stereocenters. The summed E-state index contributed by atoms with van der Waals surface area (Å²) >= 11 is 0. The van der Waals surface area contributed by atoms with Crippen molar-refractivity contribution < 1.29 is 19.2 Å². The third kappa shape index (κ3) is 2.04. The average Bonchev–Trinajstić information content (AvgIpc) is 3.08. The van der Waals surface area contributed by atoms with Crippen LogP contribution in [0.3, 0.4) is 0 Å². The van der Waals surface area contributed by atoms with Gasteiger partial charge in [-0.1, -0.05) is 37.0 Å². The first-order valence-corrected chi connectivity index (χ1v) is 7.29. The SMILES string of the molecule is CCC1(C(=O)ON2C(=O)c3ccccc3C2=O)CCCC1. The lowest BCUT2D eigenvalue weighted by Crippen LogP contribution is -2.39. The van der Waals surface area contributed by atoms with Crippen molar-refractivity contribution in [3.63, 3.8) is 0 Å². The molecule has 0 aromatic heterocycles. The van der Waals surface area contributed by atoms with Crippen LogP contribution in [0.4, 0.5) is 0 Å². The highest BCUT2D eigenvalue weighted by molar-refractivity contribution is 6.20.